The lowest BCUT2D eigenvalue weighted by Crippen LogP contribution is -2.33. The van der Waals surface area contributed by atoms with Gasteiger partial charge in [0.05, 0.1) is 0 Å². The second-order valence-electron chi connectivity index (χ2n) is 5.80. The van der Waals surface area contributed by atoms with Gasteiger partial charge >= 0.3 is 0 Å². The lowest BCUT2D eigenvalue weighted by Gasteiger charge is -2.24. The highest BCUT2D eigenvalue weighted by atomic mass is 35.5. The van der Waals surface area contributed by atoms with E-state index in [1.54, 1.807) is 17.0 Å². The molecule has 140 valence electrons. The van der Waals surface area contributed by atoms with Gasteiger partial charge in [0.2, 0.25) is 11.8 Å². The van der Waals surface area contributed by atoms with Gasteiger partial charge in [-0.15, -0.1) is 10.2 Å². The number of carbonyl (C=O) groups is 1. The number of thioether (sulfide) groups is 1. The first-order valence-corrected chi connectivity index (χ1v) is 9.98. The molecule has 2 aromatic carbocycles. The van der Waals surface area contributed by atoms with Gasteiger partial charge in [-0.25, -0.2) is 0 Å². The summed E-state index contributed by atoms with van der Waals surface area (Å²) in [7, 11) is 0. The molecule has 1 heterocycles. The molecule has 0 radical (unpaired) electrons. The van der Waals surface area contributed by atoms with E-state index in [9.17, 15) is 4.79 Å². The highest BCUT2D eigenvalue weighted by Gasteiger charge is 2.28. The summed E-state index contributed by atoms with van der Waals surface area (Å²) >= 11 is 7.29. The topological polar surface area (TPSA) is 59.2 Å². The molecule has 3 aromatic rings. The minimum absolute atomic E-state index is 0.0266. The fourth-order valence-electron chi connectivity index (χ4n) is 2.69. The Morgan fingerprint density at radius 1 is 1.11 bits per heavy atom. The molecule has 1 unspecified atom stereocenters. The highest BCUT2D eigenvalue weighted by Crippen LogP contribution is 2.37. The number of aromatic nitrogens is 2. The molecular weight excluding hydrogens is 382 g/mol. The summed E-state index contributed by atoms with van der Waals surface area (Å²) in [6, 6.07) is 16.9. The molecule has 0 aliphatic heterocycles. The van der Waals surface area contributed by atoms with Gasteiger partial charge in [-0.2, -0.15) is 0 Å². The van der Waals surface area contributed by atoms with Crippen LogP contribution >= 0.6 is 23.4 Å². The summed E-state index contributed by atoms with van der Waals surface area (Å²) in [6.45, 7) is 5.24. The van der Waals surface area contributed by atoms with Crippen LogP contribution in [0.4, 0.5) is 0 Å². The summed E-state index contributed by atoms with van der Waals surface area (Å²) in [5.41, 5.74) is 1.65. The minimum atomic E-state index is -0.446. The van der Waals surface area contributed by atoms with Crippen molar-refractivity contribution in [1.82, 2.24) is 15.1 Å². The van der Waals surface area contributed by atoms with E-state index in [4.69, 9.17) is 16.0 Å². The van der Waals surface area contributed by atoms with E-state index in [0.717, 1.165) is 11.1 Å². The van der Waals surface area contributed by atoms with Gasteiger partial charge in [-0.3, -0.25) is 4.79 Å². The predicted octanol–water partition coefficient (Wildman–Crippen LogP) is 5.09. The molecule has 27 heavy (non-hydrogen) atoms. The summed E-state index contributed by atoms with van der Waals surface area (Å²) < 4.78 is 5.79. The number of benzene rings is 2. The summed E-state index contributed by atoms with van der Waals surface area (Å²) in [6.07, 6.45) is 0. The Bertz CT molecular complexity index is 897. The number of carbonyl (C=O) groups excluding carboxylic acids is 1. The van der Waals surface area contributed by atoms with Crippen LogP contribution < -0.4 is 0 Å². The third-order valence-electron chi connectivity index (χ3n) is 4.10. The number of halogens is 1. The van der Waals surface area contributed by atoms with Crippen LogP contribution in [0.1, 0.15) is 24.7 Å². The third kappa shape index (κ3) is 4.70. The van der Waals surface area contributed by atoms with Crippen molar-refractivity contribution in [1.29, 1.82) is 0 Å². The molecule has 7 heteroatoms. The van der Waals surface area contributed by atoms with Crippen molar-refractivity contribution in [2.45, 2.75) is 24.3 Å². The first-order valence-electron chi connectivity index (χ1n) is 8.72. The number of hydrogen-bond acceptors (Lipinski definition) is 5. The van der Waals surface area contributed by atoms with Gasteiger partial charge in [0.25, 0.3) is 5.22 Å². The van der Waals surface area contributed by atoms with Gasteiger partial charge in [0, 0.05) is 23.7 Å². The maximum absolute atomic E-state index is 13.0. The molecule has 1 amide bonds. The standard InChI is InChI=1S/C20H20ClN3O2S/c1-3-24(4-2)19(25)17(14-9-6-5-7-10-14)27-20-23-22-18(26-20)15-11-8-12-16(21)13-15/h5-13,17H,3-4H2,1-2H3. The zero-order chi connectivity index (χ0) is 19.2. The summed E-state index contributed by atoms with van der Waals surface area (Å²) in [4.78, 5) is 14.8. The van der Waals surface area contributed by atoms with Crippen molar-refractivity contribution in [3.8, 4) is 11.5 Å². The van der Waals surface area contributed by atoms with Crippen LogP contribution in [0.2, 0.25) is 5.02 Å². The third-order valence-corrected chi connectivity index (χ3v) is 5.41. The fourth-order valence-corrected chi connectivity index (χ4v) is 3.84. The number of amides is 1. The van der Waals surface area contributed by atoms with Crippen molar-refractivity contribution < 1.29 is 9.21 Å². The Balaban J connectivity index is 1.87. The normalized spacial score (nSPS) is 12.0. The summed E-state index contributed by atoms with van der Waals surface area (Å²) in [5.74, 6) is 0.404. The number of likely N-dealkylation sites (N-methyl/N-ethyl adjacent to an activating group) is 1. The number of hydrogen-bond donors (Lipinski definition) is 0. The molecule has 1 atom stereocenters. The average Bonchev–Trinajstić information content (AvgIpc) is 3.16. The second-order valence-corrected chi connectivity index (χ2v) is 7.30. The van der Waals surface area contributed by atoms with Gasteiger partial charge in [0.15, 0.2) is 0 Å². The van der Waals surface area contributed by atoms with Crippen LogP contribution in [-0.4, -0.2) is 34.1 Å². The van der Waals surface area contributed by atoms with Gasteiger partial charge in [0.1, 0.15) is 5.25 Å². The molecule has 0 saturated carbocycles. The molecule has 0 spiro atoms. The first kappa shape index (κ1) is 19.5. The van der Waals surface area contributed by atoms with E-state index in [1.165, 1.54) is 11.8 Å². The lowest BCUT2D eigenvalue weighted by atomic mass is 10.1. The lowest BCUT2D eigenvalue weighted by molar-refractivity contribution is -0.130. The monoisotopic (exact) mass is 401 g/mol. The minimum Gasteiger partial charge on any atom is -0.411 e. The maximum atomic E-state index is 13.0. The van der Waals surface area contributed by atoms with E-state index >= 15 is 0 Å². The molecule has 0 bridgehead atoms. The van der Waals surface area contributed by atoms with Crippen LogP contribution in [0.3, 0.4) is 0 Å². The maximum Gasteiger partial charge on any atom is 0.277 e. The quantitative estimate of drug-likeness (QED) is 0.516. The van der Waals surface area contributed by atoms with Crippen molar-refractivity contribution in [2.24, 2.45) is 0 Å². The van der Waals surface area contributed by atoms with Crippen molar-refractivity contribution in [3.63, 3.8) is 0 Å². The molecule has 1 aromatic heterocycles. The van der Waals surface area contributed by atoms with E-state index in [2.05, 4.69) is 10.2 Å². The van der Waals surface area contributed by atoms with Crippen molar-refractivity contribution in [2.75, 3.05) is 13.1 Å². The fraction of sp³-hybridized carbons (Fsp3) is 0.250. The van der Waals surface area contributed by atoms with Crippen molar-refractivity contribution >= 4 is 29.3 Å². The Morgan fingerprint density at radius 3 is 2.52 bits per heavy atom. The SMILES string of the molecule is CCN(CC)C(=O)C(Sc1nnc(-c2cccc(Cl)c2)o1)c1ccccc1. The summed E-state index contributed by atoms with van der Waals surface area (Å²) in [5, 5.41) is 8.71. The molecule has 5 nitrogen and oxygen atoms in total. The van der Waals surface area contributed by atoms with E-state index < -0.39 is 5.25 Å². The average molecular weight is 402 g/mol. The zero-order valence-corrected chi connectivity index (χ0v) is 16.7. The molecule has 0 aliphatic carbocycles. The predicted molar refractivity (Wildman–Crippen MR) is 108 cm³/mol. The Morgan fingerprint density at radius 2 is 1.85 bits per heavy atom. The first-order chi connectivity index (χ1) is 13.1. The Hall–Kier alpha value is -2.31. The Kier molecular flexibility index (Phi) is 6.53. The molecule has 3 rings (SSSR count). The van der Waals surface area contributed by atoms with E-state index in [1.807, 2.05) is 56.3 Å². The Labute approximate surface area is 167 Å². The van der Waals surface area contributed by atoms with Gasteiger partial charge in [-0.1, -0.05) is 48.0 Å². The number of rotatable bonds is 7. The second kappa shape index (κ2) is 9.06. The van der Waals surface area contributed by atoms with Crippen LogP contribution in [-0.2, 0) is 4.79 Å². The highest BCUT2D eigenvalue weighted by molar-refractivity contribution is 8.00. The van der Waals surface area contributed by atoms with Crippen LogP contribution in [0.5, 0.6) is 0 Å². The zero-order valence-electron chi connectivity index (χ0n) is 15.1. The van der Waals surface area contributed by atoms with Crippen LogP contribution in [0, 0.1) is 0 Å². The van der Waals surface area contributed by atoms with Gasteiger partial charge < -0.3 is 9.32 Å². The molecule has 0 saturated heterocycles. The van der Waals surface area contributed by atoms with E-state index in [-0.39, 0.29) is 5.91 Å². The molecule has 0 fully saturated rings. The van der Waals surface area contributed by atoms with Crippen LogP contribution in [0.15, 0.2) is 64.2 Å². The van der Waals surface area contributed by atoms with Gasteiger partial charge in [-0.05, 0) is 49.4 Å². The van der Waals surface area contributed by atoms with Crippen LogP contribution in [0.25, 0.3) is 11.5 Å². The smallest absolute Gasteiger partial charge is 0.277 e. The van der Waals surface area contributed by atoms with Crippen molar-refractivity contribution in [3.05, 3.63) is 65.2 Å². The molecule has 0 aliphatic rings. The number of nitrogens with zero attached hydrogens (tertiary/aromatic N) is 3. The molecule has 0 N–H and O–H groups in total. The molecular formula is C20H20ClN3O2S. The van der Waals surface area contributed by atoms with E-state index in [0.29, 0.717) is 29.2 Å². The largest absolute Gasteiger partial charge is 0.411 e.